The van der Waals surface area contributed by atoms with Crippen LogP contribution in [0, 0.1) is 24.0 Å². The topological polar surface area (TPSA) is 110 Å². The van der Waals surface area contributed by atoms with Crippen LogP contribution in [0.15, 0.2) is 30.3 Å². The predicted octanol–water partition coefficient (Wildman–Crippen LogP) is 3.34. The molecule has 0 bridgehead atoms. The van der Waals surface area contributed by atoms with Crippen molar-refractivity contribution in [3.8, 4) is 11.5 Å². The fraction of sp³-hybridized carbons (Fsp3) is 0.278. The van der Waals surface area contributed by atoms with Crippen LogP contribution in [-0.2, 0) is 11.2 Å². The first-order valence-corrected chi connectivity index (χ1v) is 7.58. The van der Waals surface area contributed by atoms with Gasteiger partial charge in [-0.15, -0.1) is 0 Å². The number of nitrogens with zero attached hydrogens (tertiary/aromatic N) is 1. The lowest BCUT2D eigenvalue weighted by Crippen LogP contribution is -2.16. The van der Waals surface area contributed by atoms with Crippen LogP contribution in [-0.4, -0.2) is 28.2 Å². The lowest BCUT2D eigenvalue weighted by atomic mass is 9.88. The van der Waals surface area contributed by atoms with Gasteiger partial charge in [0.1, 0.15) is 0 Å². The number of rotatable bonds is 6. The van der Waals surface area contributed by atoms with E-state index in [1.165, 1.54) is 19.2 Å². The van der Waals surface area contributed by atoms with Crippen LogP contribution in [0.4, 0.5) is 5.69 Å². The number of carboxylic acid groups (broad SMARTS) is 1. The molecule has 1 atom stereocenters. The van der Waals surface area contributed by atoms with E-state index in [-0.39, 0.29) is 12.2 Å². The average Bonchev–Trinajstić information content (AvgIpc) is 2.55. The van der Waals surface area contributed by atoms with Crippen molar-refractivity contribution in [2.45, 2.75) is 26.2 Å². The van der Waals surface area contributed by atoms with Crippen molar-refractivity contribution in [2.24, 2.45) is 0 Å². The lowest BCUT2D eigenvalue weighted by Gasteiger charge is -2.17. The second-order valence-corrected chi connectivity index (χ2v) is 5.88. The Labute approximate surface area is 144 Å². The van der Waals surface area contributed by atoms with Gasteiger partial charge in [0.15, 0.2) is 5.75 Å². The average molecular weight is 345 g/mol. The quantitative estimate of drug-likeness (QED) is 0.614. The monoisotopic (exact) mass is 345 g/mol. The summed E-state index contributed by atoms with van der Waals surface area (Å²) in [6.07, 6.45) is 0.0388. The molecule has 2 aromatic carbocycles. The highest BCUT2D eigenvalue weighted by atomic mass is 16.6. The molecule has 0 radical (unpaired) electrons. The first kappa shape index (κ1) is 18.3. The summed E-state index contributed by atoms with van der Waals surface area (Å²) in [6, 6.07) is 8.15. The van der Waals surface area contributed by atoms with Crippen LogP contribution in [0.2, 0.25) is 0 Å². The molecule has 2 aromatic rings. The van der Waals surface area contributed by atoms with E-state index in [4.69, 9.17) is 4.74 Å². The number of hydrogen-bond donors (Lipinski definition) is 2. The number of aromatic hydroxyl groups is 1. The van der Waals surface area contributed by atoms with Crippen LogP contribution in [0.3, 0.4) is 0 Å². The molecule has 0 saturated carbocycles. The second-order valence-electron chi connectivity index (χ2n) is 5.88. The molecule has 25 heavy (non-hydrogen) atoms. The number of nitro groups is 1. The van der Waals surface area contributed by atoms with Gasteiger partial charge in [-0.1, -0.05) is 23.8 Å². The number of aliphatic carboxylic acids is 1. The Kier molecular flexibility index (Phi) is 5.26. The number of phenolic OH excluding ortho intramolecular Hbond substituents is 1. The summed E-state index contributed by atoms with van der Waals surface area (Å²) >= 11 is 0. The molecule has 0 heterocycles. The molecule has 132 valence electrons. The Bertz CT molecular complexity index is 831. The van der Waals surface area contributed by atoms with E-state index >= 15 is 0 Å². The minimum atomic E-state index is -1.02. The highest BCUT2D eigenvalue weighted by Crippen LogP contribution is 2.38. The van der Waals surface area contributed by atoms with Gasteiger partial charge in [0.2, 0.25) is 5.75 Å². The Hall–Kier alpha value is -3.09. The normalized spacial score (nSPS) is 11.8. The maximum atomic E-state index is 11.8. The number of hydrogen-bond acceptors (Lipinski definition) is 5. The van der Waals surface area contributed by atoms with E-state index in [2.05, 4.69) is 0 Å². The zero-order chi connectivity index (χ0) is 18.7. The summed E-state index contributed by atoms with van der Waals surface area (Å²) < 4.78 is 4.97. The van der Waals surface area contributed by atoms with Gasteiger partial charge >= 0.3 is 11.7 Å². The van der Waals surface area contributed by atoms with Gasteiger partial charge in [-0.2, -0.15) is 0 Å². The number of methoxy groups -OCH3 is 1. The number of aryl methyl sites for hydroxylation is 2. The fourth-order valence-electron chi connectivity index (χ4n) is 2.76. The summed E-state index contributed by atoms with van der Waals surface area (Å²) in [7, 11) is 1.28. The molecule has 2 N–H and O–H groups in total. The third-order valence-electron chi connectivity index (χ3n) is 4.08. The first-order chi connectivity index (χ1) is 11.7. The number of nitro benzene ring substituents is 1. The van der Waals surface area contributed by atoms with Crippen molar-refractivity contribution >= 4 is 11.7 Å². The molecular weight excluding hydrogens is 326 g/mol. The molecule has 0 aromatic heterocycles. The molecule has 1 unspecified atom stereocenters. The summed E-state index contributed by atoms with van der Waals surface area (Å²) in [5, 5.41) is 30.6. The largest absolute Gasteiger partial charge is 0.500 e. The van der Waals surface area contributed by atoms with Crippen LogP contribution in [0.1, 0.15) is 28.2 Å². The number of benzene rings is 2. The smallest absolute Gasteiger partial charge is 0.314 e. The van der Waals surface area contributed by atoms with Crippen molar-refractivity contribution in [3.05, 3.63) is 62.7 Å². The molecule has 0 fully saturated rings. The Morgan fingerprint density at radius 2 is 1.96 bits per heavy atom. The van der Waals surface area contributed by atoms with Gasteiger partial charge < -0.3 is 14.9 Å². The maximum Gasteiger partial charge on any atom is 0.314 e. The van der Waals surface area contributed by atoms with E-state index in [0.717, 1.165) is 11.1 Å². The van der Waals surface area contributed by atoms with E-state index in [0.29, 0.717) is 11.1 Å². The standard InChI is InChI=1S/C18H19NO6/c1-10-4-5-11(2)13(6-10)14(18(21)22)7-12-8-15(19(23)24)17(20)16(9-12)25-3/h4-6,8-9,14,20H,7H2,1-3H3,(H,21,22). The first-order valence-electron chi connectivity index (χ1n) is 7.58. The van der Waals surface area contributed by atoms with Crippen LogP contribution in [0.5, 0.6) is 11.5 Å². The lowest BCUT2D eigenvalue weighted by molar-refractivity contribution is -0.386. The highest BCUT2D eigenvalue weighted by molar-refractivity contribution is 5.77. The van der Waals surface area contributed by atoms with Crippen molar-refractivity contribution in [1.82, 2.24) is 0 Å². The minimum absolute atomic E-state index is 0.0388. The van der Waals surface area contributed by atoms with E-state index in [1.807, 2.05) is 26.0 Å². The van der Waals surface area contributed by atoms with Gasteiger partial charge in [-0.05, 0) is 43.0 Å². The number of ether oxygens (including phenoxy) is 1. The van der Waals surface area contributed by atoms with Gasteiger partial charge in [-0.25, -0.2) is 0 Å². The zero-order valence-electron chi connectivity index (χ0n) is 14.1. The molecule has 7 heteroatoms. The second kappa shape index (κ2) is 7.21. The zero-order valence-corrected chi connectivity index (χ0v) is 14.1. The Morgan fingerprint density at radius 1 is 1.28 bits per heavy atom. The van der Waals surface area contributed by atoms with E-state index < -0.39 is 28.2 Å². The SMILES string of the molecule is COc1cc(CC(C(=O)O)c2cc(C)ccc2C)cc([N+](=O)[O-])c1O. The molecule has 0 aliphatic heterocycles. The Balaban J connectivity index is 2.50. The predicted molar refractivity (Wildman–Crippen MR) is 91.3 cm³/mol. The number of carboxylic acids is 1. The number of phenols is 1. The van der Waals surface area contributed by atoms with E-state index in [9.17, 15) is 25.1 Å². The fourth-order valence-corrected chi connectivity index (χ4v) is 2.76. The number of carbonyl (C=O) groups is 1. The molecule has 0 aliphatic carbocycles. The summed E-state index contributed by atoms with van der Waals surface area (Å²) in [4.78, 5) is 22.2. The molecule has 0 aliphatic rings. The third kappa shape index (κ3) is 3.88. The molecular formula is C18H19NO6. The van der Waals surface area contributed by atoms with Crippen LogP contribution < -0.4 is 4.74 Å². The summed E-state index contributed by atoms with van der Waals surface area (Å²) in [5.41, 5.74) is 2.30. The van der Waals surface area contributed by atoms with E-state index in [1.54, 1.807) is 6.07 Å². The summed E-state index contributed by atoms with van der Waals surface area (Å²) in [6.45, 7) is 3.70. The Morgan fingerprint density at radius 3 is 2.52 bits per heavy atom. The van der Waals surface area contributed by atoms with Crippen LogP contribution in [0.25, 0.3) is 0 Å². The highest BCUT2D eigenvalue weighted by Gasteiger charge is 2.26. The van der Waals surface area contributed by atoms with Crippen molar-refractivity contribution in [2.75, 3.05) is 7.11 Å². The molecule has 0 saturated heterocycles. The van der Waals surface area contributed by atoms with Crippen molar-refractivity contribution < 1.29 is 24.7 Å². The van der Waals surface area contributed by atoms with Gasteiger partial charge in [-0.3, -0.25) is 14.9 Å². The maximum absolute atomic E-state index is 11.8. The molecule has 7 nitrogen and oxygen atoms in total. The molecule has 0 amide bonds. The van der Waals surface area contributed by atoms with Gasteiger partial charge in [0.05, 0.1) is 18.0 Å². The van der Waals surface area contributed by atoms with Crippen molar-refractivity contribution in [1.29, 1.82) is 0 Å². The summed E-state index contributed by atoms with van der Waals surface area (Å²) in [5.74, 6) is -2.53. The third-order valence-corrected chi connectivity index (χ3v) is 4.08. The van der Waals surface area contributed by atoms with Gasteiger partial charge in [0, 0.05) is 6.07 Å². The minimum Gasteiger partial charge on any atom is -0.500 e. The molecule has 0 spiro atoms. The van der Waals surface area contributed by atoms with Crippen LogP contribution >= 0.6 is 0 Å². The van der Waals surface area contributed by atoms with Gasteiger partial charge in [0.25, 0.3) is 0 Å². The molecule has 2 rings (SSSR count). The van der Waals surface area contributed by atoms with Crippen molar-refractivity contribution in [3.63, 3.8) is 0 Å².